The molecule has 18 heteroatoms. The van der Waals surface area contributed by atoms with Gasteiger partial charge in [0, 0.05) is 0 Å². The van der Waals surface area contributed by atoms with E-state index in [-0.39, 0.29) is 25.1 Å². The lowest BCUT2D eigenvalue weighted by Crippen LogP contribution is -2.76. The molecule has 2 atom stereocenters. The van der Waals surface area contributed by atoms with Crippen molar-refractivity contribution < 1.29 is 67.8 Å². The van der Waals surface area contributed by atoms with Gasteiger partial charge in [-0.05, 0) is 36.1 Å². The van der Waals surface area contributed by atoms with E-state index in [1.54, 1.807) is 48.5 Å². The SMILES string of the molecule is CC(CO)(COC(=O)OCCOC(=O)OCC(C)(CO)C(=O)OCc1ccc(C[NH+]=C(N)N)cc1)C(=O)OCc1ccc(C[NH+]=C(N)N)cc1. The van der Waals surface area contributed by atoms with Crippen LogP contribution in [0.4, 0.5) is 9.59 Å². The van der Waals surface area contributed by atoms with Crippen molar-refractivity contribution in [3.8, 4) is 0 Å². The van der Waals surface area contributed by atoms with Gasteiger partial charge in [0.2, 0.25) is 0 Å². The Labute approximate surface area is 288 Å². The third-order valence-corrected chi connectivity index (χ3v) is 7.00. The van der Waals surface area contributed by atoms with Gasteiger partial charge in [0.25, 0.3) is 0 Å². The van der Waals surface area contributed by atoms with Crippen LogP contribution in [-0.2, 0) is 64.3 Å². The van der Waals surface area contributed by atoms with Gasteiger partial charge in [0.1, 0.15) is 50.5 Å². The van der Waals surface area contributed by atoms with Gasteiger partial charge in [-0.1, -0.05) is 48.5 Å². The number of ether oxygens (including phenoxy) is 6. The summed E-state index contributed by atoms with van der Waals surface area (Å²) in [4.78, 5) is 54.9. The Kier molecular flexibility index (Phi) is 16.2. The number of benzene rings is 2. The highest BCUT2D eigenvalue weighted by atomic mass is 16.7. The van der Waals surface area contributed by atoms with Crippen LogP contribution in [0.2, 0.25) is 0 Å². The summed E-state index contributed by atoms with van der Waals surface area (Å²) in [5, 5.41) is 19.6. The Morgan fingerprint density at radius 3 is 1.18 bits per heavy atom. The van der Waals surface area contributed by atoms with Crippen molar-refractivity contribution in [3.63, 3.8) is 0 Å². The van der Waals surface area contributed by atoms with Crippen molar-refractivity contribution in [2.24, 2.45) is 33.8 Å². The third-order valence-electron chi connectivity index (χ3n) is 7.00. The topological polar surface area (TPSA) is 296 Å². The molecule has 0 aromatic heterocycles. The lowest BCUT2D eigenvalue weighted by Gasteiger charge is -2.24. The van der Waals surface area contributed by atoms with E-state index < -0.39 is 74.7 Å². The first-order valence-electron chi connectivity index (χ1n) is 15.2. The van der Waals surface area contributed by atoms with E-state index in [2.05, 4.69) is 9.98 Å². The van der Waals surface area contributed by atoms with Gasteiger partial charge in [-0.25, -0.2) is 9.59 Å². The molecule has 2 unspecified atom stereocenters. The number of carbonyl (C=O) groups is 4. The Balaban J connectivity index is 1.69. The number of esters is 2. The van der Waals surface area contributed by atoms with Gasteiger partial charge in [-0.3, -0.25) is 42.5 Å². The molecule has 2 rings (SSSR count). The molecule has 0 amide bonds. The van der Waals surface area contributed by atoms with Crippen LogP contribution in [0.5, 0.6) is 0 Å². The van der Waals surface area contributed by atoms with Crippen molar-refractivity contribution in [2.45, 2.75) is 40.2 Å². The quantitative estimate of drug-likeness (QED) is 0.0231. The first-order chi connectivity index (χ1) is 23.7. The number of aliphatic hydroxyl groups is 2. The fourth-order valence-corrected chi connectivity index (χ4v) is 3.67. The molecular weight excluding hydrogens is 660 g/mol. The Morgan fingerprint density at radius 2 is 0.880 bits per heavy atom. The lowest BCUT2D eigenvalue weighted by atomic mass is 9.93. The number of carbonyl (C=O) groups excluding carboxylic acids is 4. The second-order valence-corrected chi connectivity index (χ2v) is 11.6. The van der Waals surface area contributed by atoms with E-state index in [9.17, 15) is 29.4 Å². The first-order valence-corrected chi connectivity index (χ1v) is 15.2. The molecule has 0 spiro atoms. The smallest absolute Gasteiger partial charge is 0.460 e. The number of rotatable bonds is 19. The van der Waals surface area contributed by atoms with Gasteiger partial charge >= 0.3 is 36.2 Å². The van der Waals surface area contributed by atoms with Crippen LogP contribution in [0, 0.1) is 10.8 Å². The van der Waals surface area contributed by atoms with Gasteiger partial charge in [0.15, 0.2) is 0 Å². The zero-order valence-electron chi connectivity index (χ0n) is 28.0. The van der Waals surface area contributed by atoms with Crippen LogP contribution < -0.4 is 32.9 Å². The third kappa shape index (κ3) is 14.2. The molecule has 0 fully saturated rings. The molecule has 0 aliphatic carbocycles. The predicted octanol–water partition coefficient (Wildman–Crippen LogP) is -3.52. The first kappa shape index (κ1) is 40.6. The molecule has 0 aliphatic heterocycles. The number of aliphatic hydroxyl groups excluding tert-OH is 2. The van der Waals surface area contributed by atoms with E-state index >= 15 is 0 Å². The van der Waals surface area contributed by atoms with Crippen LogP contribution in [-0.4, -0.2) is 86.0 Å². The summed E-state index contributed by atoms with van der Waals surface area (Å²) >= 11 is 0. The maximum absolute atomic E-state index is 12.6. The summed E-state index contributed by atoms with van der Waals surface area (Å²) in [5.74, 6) is -1.45. The van der Waals surface area contributed by atoms with Gasteiger partial charge in [0.05, 0.1) is 26.3 Å². The minimum Gasteiger partial charge on any atom is -0.460 e. The normalized spacial score (nSPS) is 13.0. The zero-order chi connectivity index (χ0) is 37.2. The van der Waals surface area contributed by atoms with Crippen molar-refractivity contribution in [2.75, 3.05) is 39.6 Å². The predicted molar refractivity (Wildman–Crippen MR) is 174 cm³/mol. The molecule has 0 saturated carbocycles. The molecule has 274 valence electrons. The van der Waals surface area contributed by atoms with Gasteiger partial charge in [-0.2, -0.15) is 0 Å². The summed E-state index contributed by atoms with van der Waals surface area (Å²) in [6, 6.07) is 14.1. The molecule has 0 bridgehead atoms. The molecule has 2 aromatic rings. The van der Waals surface area contributed by atoms with Crippen molar-refractivity contribution >= 4 is 36.2 Å². The van der Waals surface area contributed by atoms with E-state index in [1.165, 1.54) is 13.8 Å². The van der Waals surface area contributed by atoms with E-state index in [0.29, 0.717) is 24.2 Å². The summed E-state index contributed by atoms with van der Waals surface area (Å²) in [6.07, 6.45) is -2.40. The van der Waals surface area contributed by atoms with Crippen LogP contribution in [0.1, 0.15) is 36.1 Å². The van der Waals surface area contributed by atoms with E-state index in [4.69, 9.17) is 51.4 Å². The fourth-order valence-electron chi connectivity index (χ4n) is 3.67. The second-order valence-electron chi connectivity index (χ2n) is 11.6. The Hall–Kier alpha value is -5.62. The fraction of sp³-hybridized carbons (Fsp3) is 0.438. The molecule has 0 aliphatic rings. The molecule has 0 heterocycles. The standard InChI is InChI=1S/C32H44N6O12/c1-31(17-39,25(41)47-15-23-7-3-21(4-8-23)13-37-27(33)34)19-49-29(43)45-11-12-46-30(44)50-20-32(2,18-40)26(42)48-16-24-9-5-22(6-10-24)14-38-28(35)36/h3-10,39-40H,11-20H2,1-2H3,(H4,33,34,37)(H4,35,36,38)/p+2. The largest absolute Gasteiger partial charge is 0.508 e. The molecular formula is C32H46N6O12+2. The molecule has 12 N–H and O–H groups in total. The van der Waals surface area contributed by atoms with Crippen LogP contribution in [0.3, 0.4) is 0 Å². The second kappa shape index (κ2) is 20.0. The van der Waals surface area contributed by atoms with Crippen LogP contribution in [0.15, 0.2) is 48.5 Å². The monoisotopic (exact) mass is 706 g/mol. The van der Waals surface area contributed by atoms with E-state index in [0.717, 1.165) is 11.1 Å². The molecule has 2 aromatic carbocycles. The summed E-state index contributed by atoms with van der Waals surface area (Å²) in [7, 11) is 0. The summed E-state index contributed by atoms with van der Waals surface area (Å²) in [6.45, 7) is -0.0541. The highest BCUT2D eigenvalue weighted by Gasteiger charge is 2.37. The maximum Gasteiger partial charge on any atom is 0.508 e. The maximum atomic E-state index is 12.6. The molecule has 0 saturated heterocycles. The molecule has 50 heavy (non-hydrogen) atoms. The highest BCUT2D eigenvalue weighted by Crippen LogP contribution is 2.21. The number of nitrogens with two attached hydrogens (primary N) is 4. The molecule has 18 nitrogen and oxygen atoms in total. The average molecular weight is 707 g/mol. The van der Waals surface area contributed by atoms with E-state index in [1.807, 2.05) is 0 Å². The Bertz CT molecular complexity index is 1370. The zero-order valence-corrected chi connectivity index (χ0v) is 28.0. The van der Waals surface area contributed by atoms with Gasteiger partial charge in [-0.15, -0.1) is 0 Å². The molecule has 0 radical (unpaired) electrons. The van der Waals surface area contributed by atoms with Crippen molar-refractivity contribution in [3.05, 3.63) is 70.8 Å². The van der Waals surface area contributed by atoms with Crippen molar-refractivity contribution in [1.29, 1.82) is 0 Å². The Morgan fingerprint density at radius 1 is 0.560 bits per heavy atom. The minimum atomic E-state index is -1.58. The lowest BCUT2D eigenvalue weighted by molar-refractivity contribution is -0.477. The number of hydrogen-bond donors (Lipinski definition) is 8. The average Bonchev–Trinajstić information content (AvgIpc) is 3.11. The number of guanidine groups is 2. The number of hydrogen-bond acceptors (Lipinski definition) is 12. The summed E-state index contributed by atoms with van der Waals surface area (Å²) < 4.78 is 30.1. The van der Waals surface area contributed by atoms with Crippen LogP contribution in [0.25, 0.3) is 0 Å². The van der Waals surface area contributed by atoms with Crippen LogP contribution >= 0.6 is 0 Å². The minimum absolute atomic E-state index is 0.0881. The summed E-state index contributed by atoms with van der Waals surface area (Å²) in [5.41, 5.74) is 21.5. The highest BCUT2D eigenvalue weighted by molar-refractivity contribution is 5.78. The van der Waals surface area contributed by atoms with Crippen molar-refractivity contribution in [1.82, 2.24) is 0 Å². The van der Waals surface area contributed by atoms with Gasteiger partial charge < -0.3 is 38.6 Å². The number of nitrogens with one attached hydrogen (secondary N) is 2.